The number of furan rings is 1. The predicted octanol–water partition coefficient (Wildman–Crippen LogP) is 3.43. The van der Waals surface area contributed by atoms with Crippen molar-refractivity contribution >= 4 is 16.1 Å². The van der Waals surface area contributed by atoms with Gasteiger partial charge in [0.05, 0.1) is 17.2 Å². The van der Waals surface area contributed by atoms with Crippen LogP contribution in [0.5, 0.6) is 0 Å². The van der Waals surface area contributed by atoms with E-state index in [0.29, 0.717) is 24.5 Å². The standard InChI is InChI=1S/C25H36N4O4S/c1-25(2,3)20-8-10-21(11-9-20)34(31,32)29-16-14-28(15-17-29)24(30)26-19-22(23-7-6-18-33-23)27-12-4-5-13-27/h6-11,18,22H,4-5,12-17,19H2,1-3H3,(H,26,30)/t22-/m1/s1. The zero-order valence-corrected chi connectivity index (χ0v) is 21.2. The second kappa shape index (κ2) is 10.1. The molecular formula is C25H36N4O4S. The first-order chi connectivity index (χ1) is 16.2. The highest BCUT2D eigenvalue weighted by Crippen LogP contribution is 2.26. The van der Waals surface area contributed by atoms with Gasteiger partial charge in [0.2, 0.25) is 10.0 Å². The van der Waals surface area contributed by atoms with E-state index in [-0.39, 0.29) is 30.6 Å². The summed E-state index contributed by atoms with van der Waals surface area (Å²) in [6, 6.07) is 10.8. The minimum Gasteiger partial charge on any atom is -0.468 e. The van der Waals surface area contributed by atoms with Crippen molar-refractivity contribution in [1.29, 1.82) is 0 Å². The fourth-order valence-corrected chi connectivity index (χ4v) is 6.07. The van der Waals surface area contributed by atoms with Gasteiger partial charge in [-0.25, -0.2) is 13.2 Å². The van der Waals surface area contributed by atoms with Gasteiger partial charge < -0.3 is 14.6 Å². The van der Waals surface area contributed by atoms with Crippen LogP contribution in [0.25, 0.3) is 0 Å². The first kappa shape index (κ1) is 24.8. The van der Waals surface area contributed by atoms with Gasteiger partial charge in [-0.1, -0.05) is 32.9 Å². The van der Waals surface area contributed by atoms with Gasteiger partial charge >= 0.3 is 6.03 Å². The summed E-state index contributed by atoms with van der Waals surface area (Å²) in [4.78, 5) is 17.2. The maximum absolute atomic E-state index is 13.1. The van der Waals surface area contributed by atoms with E-state index >= 15 is 0 Å². The van der Waals surface area contributed by atoms with Crippen LogP contribution in [-0.2, 0) is 15.4 Å². The number of amides is 2. The number of hydrogen-bond acceptors (Lipinski definition) is 5. The van der Waals surface area contributed by atoms with E-state index in [1.165, 1.54) is 4.31 Å². The molecule has 8 nitrogen and oxygen atoms in total. The van der Waals surface area contributed by atoms with Crippen molar-refractivity contribution in [3.63, 3.8) is 0 Å². The molecule has 2 fully saturated rings. The monoisotopic (exact) mass is 488 g/mol. The Kier molecular flexibility index (Phi) is 7.35. The second-order valence-electron chi connectivity index (χ2n) is 10.1. The largest absolute Gasteiger partial charge is 0.468 e. The number of hydrogen-bond donors (Lipinski definition) is 1. The molecule has 0 radical (unpaired) electrons. The molecule has 0 bridgehead atoms. The van der Waals surface area contributed by atoms with Gasteiger partial charge in [-0.2, -0.15) is 4.31 Å². The number of nitrogens with zero attached hydrogens (tertiary/aromatic N) is 3. The van der Waals surface area contributed by atoms with Crippen LogP contribution < -0.4 is 5.32 Å². The maximum Gasteiger partial charge on any atom is 0.317 e. The number of rotatable bonds is 6. The fraction of sp³-hybridized carbons (Fsp3) is 0.560. The van der Waals surface area contributed by atoms with Crippen molar-refractivity contribution < 1.29 is 17.6 Å². The minimum absolute atomic E-state index is 0.0131. The molecule has 4 rings (SSSR count). The molecule has 0 unspecified atom stereocenters. The third kappa shape index (κ3) is 5.47. The summed E-state index contributed by atoms with van der Waals surface area (Å²) < 4.78 is 33.3. The number of urea groups is 1. The Balaban J connectivity index is 1.32. The molecule has 2 aromatic rings. The predicted molar refractivity (Wildman–Crippen MR) is 131 cm³/mol. The Bertz CT molecular complexity index is 1050. The number of piperazine rings is 1. The molecule has 1 atom stereocenters. The van der Waals surface area contributed by atoms with Crippen LogP contribution >= 0.6 is 0 Å². The summed E-state index contributed by atoms with van der Waals surface area (Å²) in [5.74, 6) is 0.857. The van der Waals surface area contributed by atoms with Crippen molar-refractivity contribution in [2.24, 2.45) is 0 Å². The number of likely N-dealkylation sites (tertiary alicyclic amines) is 1. The molecule has 0 saturated carbocycles. The van der Waals surface area contributed by atoms with Crippen LogP contribution in [0.2, 0.25) is 0 Å². The summed E-state index contributed by atoms with van der Waals surface area (Å²) >= 11 is 0. The highest BCUT2D eigenvalue weighted by molar-refractivity contribution is 7.89. The summed E-state index contributed by atoms with van der Waals surface area (Å²) in [6.45, 7) is 10.0. The third-order valence-electron chi connectivity index (χ3n) is 6.78. The zero-order chi connectivity index (χ0) is 24.3. The van der Waals surface area contributed by atoms with Gasteiger partial charge in [0.25, 0.3) is 0 Å². The van der Waals surface area contributed by atoms with Gasteiger partial charge in [-0.3, -0.25) is 4.90 Å². The van der Waals surface area contributed by atoms with Gasteiger partial charge in [0, 0.05) is 32.7 Å². The lowest BCUT2D eigenvalue weighted by Gasteiger charge is -2.34. The Morgan fingerprint density at radius 1 is 1.00 bits per heavy atom. The number of sulfonamides is 1. The molecule has 3 heterocycles. The second-order valence-corrected chi connectivity index (χ2v) is 12.1. The molecule has 34 heavy (non-hydrogen) atoms. The van der Waals surface area contributed by atoms with Gasteiger partial charge in [0.1, 0.15) is 5.76 Å². The molecule has 2 aliphatic rings. The summed E-state index contributed by atoms with van der Waals surface area (Å²) in [5, 5.41) is 3.04. The van der Waals surface area contributed by atoms with Gasteiger partial charge in [-0.15, -0.1) is 0 Å². The van der Waals surface area contributed by atoms with E-state index in [9.17, 15) is 13.2 Å². The highest BCUT2D eigenvalue weighted by Gasteiger charge is 2.31. The van der Waals surface area contributed by atoms with Crippen LogP contribution in [0.15, 0.2) is 52.0 Å². The average molecular weight is 489 g/mol. The third-order valence-corrected chi connectivity index (χ3v) is 8.70. The van der Waals surface area contributed by atoms with Crippen molar-refractivity contribution in [2.75, 3.05) is 45.8 Å². The van der Waals surface area contributed by atoms with Crippen LogP contribution in [0, 0.1) is 0 Å². The number of benzene rings is 1. The molecule has 2 saturated heterocycles. The molecule has 0 aliphatic carbocycles. The smallest absolute Gasteiger partial charge is 0.317 e. The molecule has 1 N–H and O–H groups in total. The van der Waals surface area contributed by atoms with E-state index in [1.807, 2.05) is 24.3 Å². The van der Waals surface area contributed by atoms with Crippen LogP contribution in [0.4, 0.5) is 4.79 Å². The summed E-state index contributed by atoms with van der Waals surface area (Å²) in [6.07, 6.45) is 3.97. The lowest BCUT2D eigenvalue weighted by atomic mass is 9.87. The van der Waals surface area contributed by atoms with E-state index in [0.717, 1.165) is 37.3 Å². The van der Waals surface area contributed by atoms with Gasteiger partial charge in [0.15, 0.2) is 0 Å². The topological polar surface area (TPSA) is 86.1 Å². The van der Waals surface area contributed by atoms with Crippen molar-refractivity contribution in [2.45, 2.75) is 50.0 Å². The minimum atomic E-state index is -3.58. The SMILES string of the molecule is CC(C)(C)c1ccc(S(=O)(=O)N2CCN(C(=O)NC[C@H](c3ccco3)N3CCCC3)CC2)cc1. The number of carbonyl (C=O) groups is 1. The van der Waals surface area contributed by atoms with E-state index in [4.69, 9.17) is 4.42 Å². The Labute approximate surface area is 202 Å². The Hall–Kier alpha value is -2.36. The molecule has 1 aromatic carbocycles. The van der Waals surface area contributed by atoms with Gasteiger partial charge in [-0.05, 0) is 61.2 Å². The highest BCUT2D eigenvalue weighted by atomic mass is 32.2. The first-order valence-corrected chi connectivity index (χ1v) is 13.5. The maximum atomic E-state index is 13.1. The molecular weight excluding hydrogens is 452 g/mol. The van der Waals surface area contributed by atoms with Crippen molar-refractivity contribution in [3.05, 3.63) is 54.0 Å². The van der Waals surface area contributed by atoms with E-state index in [2.05, 4.69) is 31.0 Å². The number of nitrogens with one attached hydrogen (secondary N) is 1. The molecule has 186 valence electrons. The van der Waals surface area contributed by atoms with E-state index < -0.39 is 10.0 Å². The first-order valence-electron chi connectivity index (χ1n) is 12.1. The van der Waals surface area contributed by atoms with Crippen LogP contribution in [-0.4, -0.2) is 74.4 Å². The molecule has 1 aromatic heterocycles. The Morgan fingerprint density at radius 3 is 2.21 bits per heavy atom. The average Bonchev–Trinajstić information content (AvgIpc) is 3.54. The Morgan fingerprint density at radius 2 is 1.65 bits per heavy atom. The molecule has 9 heteroatoms. The summed E-state index contributed by atoms with van der Waals surface area (Å²) in [7, 11) is -3.58. The van der Waals surface area contributed by atoms with E-state index in [1.54, 1.807) is 23.3 Å². The van der Waals surface area contributed by atoms with Crippen LogP contribution in [0.3, 0.4) is 0 Å². The van der Waals surface area contributed by atoms with Crippen LogP contribution in [0.1, 0.15) is 51.0 Å². The zero-order valence-electron chi connectivity index (χ0n) is 20.4. The van der Waals surface area contributed by atoms with Crippen molar-refractivity contribution in [1.82, 2.24) is 19.4 Å². The lowest BCUT2D eigenvalue weighted by Crippen LogP contribution is -2.53. The quantitative estimate of drug-likeness (QED) is 0.673. The fourth-order valence-electron chi connectivity index (χ4n) is 4.65. The molecule has 2 amide bonds. The normalized spacial score (nSPS) is 19.3. The molecule has 2 aliphatic heterocycles. The van der Waals surface area contributed by atoms with Crippen molar-refractivity contribution in [3.8, 4) is 0 Å². The number of carbonyl (C=O) groups excluding carboxylic acids is 1. The lowest BCUT2D eigenvalue weighted by molar-refractivity contribution is 0.163. The summed E-state index contributed by atoms with van der Waals surface area (Å²) in [5.41, 5.74) is 1.06. The molecule has 0 spiro atoms.